The predicted octanol–water partition coefficient (Wildman–Crippen LogP) is 1.52. The lowest BCUT2D eigenvalue weighted by Gasteiger charge is -2.43. The van der Waals surface area contributed by atoms with Crippen LogP contribution < -0.4 is 5.73 Å². The van der Waals surface area contributed by atoms with Gasteiger partial charge in [0.1, 0.15) is 0 Å². The SMILES string of the molecule is CC1CCC(CN)(C(=O)N2CCC(C)(O)CC2)CC1. The summed E-state index contributed by atoms with van der Waals surface area (Å²) in [5.74, 6) is 0.951. The Morgan fingerprint density at radius 3 is 2.26 bits per heavy atom. The third-order valence-electron chi connectivity index (χ3n) is 5.20. The topological polar surface area (TPSA) is 66.6 Å². The molecule has 0 atom stereocenters. The van der Waals surface area contributed by atoms with E-state index in [4.69, 9.17) is 5.73 Å². The summed E-state index contributed by atoms with van der Waals surface area (Å²) >= 11 is 0. The van der Waals surface area contributed by atoms with Crippen LogP contribution in [0.2, 0.25) is 0 Å². The van der Waals surface area contributed by atoms with Gasteiger partial charge < -0.3 is 15.7 Å². The minimum atomic E-state index is -0.603. The fraction of sp³-hybridized carbons (Fsp3) is 0.933. The zero-order chi connectivity index (χ0) is 14.1. The number of hydrogen-bond acceptors (Lipinski definition) is 3. The summed E-state index contributed by atoms with van der Waals surface area (Å²) in [5, 5.41) is 9.98. The van der Waals surface area contributed by atoms with E-state index in [1.165, 1.54) is 0 Å². The van der Waals surface area contributed by atoms with Crippen LogP contribution in [0.1, 0.15) is 52.4 Å². The summed E-state index contributed by atoms with van der Waals surface area (Å²) in [4.78, 5) is 14.7. The van der Waals surface area contributed by atoms with Crippen LogP contribution in [0.5, 0.6) is 0 Å². The van der Waals surface area contributed by atoms with Crippen molar-refractivity contribution in [2.75, 3.05) is 19.6 Å². The van der Waals surface area contributed by atoms with Crippen molar-refractivity contribution in [3.05, 3.63) is 0 Å². The zero-order valence-corrected chi connectivity index (χ0v) is 12.3. The van der Waals surface area contributed by atoms with Crippen LogP contribution in [0.4, 0.5) is 0 Å². The average molecular weight is 268 g/mol. The highest BCUT2D eigenvalue weighted by atomic mass is 16.3. The lowest BCUT2D eigenvalue weighted by atomic mass is 9.69. The van der Waals surface area contributed by atoms with Gasteiger partial charge in [0, 0.05) is 19.6 Å². The third kappa shape index (κ3) is 3.11. The van der Waals surface area contributed by atoms with Crippen molar-refractivity contribution in [3.8, 4) is 0 Å². The number of amides is 1. The minimum Gasteiger partial charge on any atom is -0.390 e. The largest absolute Gasteiger partial charge is 0.390 e. The van der Waals surface area contributed by atoms with E-state index in [1.807, 2.05) is 11.8 Å². The molecule has 0 aromatic heterocycles. The molecule has 0 aromatic carbocycles. The van der Waals surface area contributed by atoms with Gasteiger partial charge in [0.25, 0.3) is 0 Å². The molecule has 3 N–H and O–H groups in total. The van der Waals surface area contributed by atoms with E-state index in [0.717, 1.165) is 31.6 Å². The molecule has 1 aliphatic heterocycles. The molecular weight excluding hydrogens is 240 g/mol. The highest BCUT2D eigenvalue weighted by Gasteiger charge is 2.43. The Kier molecular flexibility index (Phi) is 4.21. The van der Waals surface area contributed by atoms with E-state index in [-0.39, 0.29) is 11.3 Å². The number of hydrogen-bond donors (Lipinski definition) is 2. The van der Waals surface area contributed by atoms with Crippen LogP contribution in [0, 0.1) is 11.3 Å². The molecule has 1 saturated heterocycles. The van der Waals surface area contributed by atoms with E-state index in [1.54, 1.807) is 0 Å². The van der Waals surface area contributed by atoms with E-state index in [0.29, 0.717) is 32.5 Å². The molecule has 0 spiro atoms. The molecule has 1 heterocycles. The zero-order valence-electron chi connectivity index (χ0n) is 12.3. The van der Waals surface area contributed by atoms with Gasteiger partial charge in [-0.3, -0.25) is 4.79 Å². The van der Waals surface area contributed by atoms with Crippen molar-refractivity contribution >= 4 is 5.91 Å². The Morgan fingerprint density at radius 2 is 1.79 bits per heavy atom. The van der Waals surface area contributed by atoms with Crippen molar-refractivity contribution in [1.29, 1.82) is 0 Å². The molecule has 0 radical (unpaired) electrons. The first kappa shape index (κ1) is 14.8. The third-order valence-corrected chi connectivity index (χ3v) is 5.20. The Hall–Kier alpha value is -0.610. The quantitative estimate of drug-likeness (QED) is 0.798. The molecule has 0 unspecified atom stereocenters. The van der Waals surface area contributed by atoms with Gasteiger partial charge in [-0.15, -0.1) is 0 Å². The number of nitrogens with two attached hydrogens (primary N) is 1. The summed E-state index contributed by atoms with van der Waals surface area (Å²) in [6.45, 7) is 5.91. The Balaban J connectivity index is 2.01. The summed E-state index contributed by atoms with van der Waals surface area (Å²) < 4.78 is 0. The standard InChI is InChI=1S/C15H28N2O2/c1-12-3-5-15(11-16,6-4-12)13(18)17-9-7-14(2,19)8-10-17/h12,19H,3-11,16H2,1-2H3. The van der Waals surface area contributed by atoms with E-state index in [2.05, 4.69) is 6.92 Å². The average Bonchev–Trinajstić information content (AvgIpc) is 2.39. The van der Waals surface area contributed by atoms with E-state index < -0.39 is 5.60 Å². The van der Waals surface area contributed by atoms with Crippen LogP contribution >= 0.6 is 0 Å². The lowest BCUT2D eigenvalue weighted by molar-refractivity contribution is -0.147. The number of carbonyl (C=O) groups excluding carboxylic acids is 1. The molecule has 1 saturated carbocycles. The molecule has 2 fully saturated rings. The van der Waals surface area contributed by atoms with Crippen LogP contribution in [0.15, 0.2) is 0 Å². The number of piperidine rings is 1. The number of aliphatic hydroxyl groups is 1. The van der Waals surface area contributed by atoms with Crippen LogP contribution in [0.3, 0.4) is 0 Å². The molecular formula is C15H28N2O2. The summed E-state index contributed by atoms with van der Waals surface area (Å²) in [6.07, 6.45) is 5.42. The molecule has 4 heteroatoms. The first-order valence-electron chi connectivity index (χ1n) is 7.60. The van der Waals surface area contributed by atoms with Gasteiger partial charge >= 0.3 is 0 Å². The maximum atomic E-state index is 12.8. The van der Waals surface area contributed by atoms with Gasteiger partial charge in [0.15, 0.2) is 0 Å². The van der Waals surface area contributed by atoms with E-state index in [9.17, 15) is 9.90 Å². The molecule has 1 amide bonds. The Labute approximate surface area is 116 Å². The van der Waals surface area contributed by atoms with Crippen molar-refractivity contribution in [3.63, 3.8) is 0 Å². The molecule has 0 aromatic rings. The summed E-state index contributed by atoms with van der Waals surface area (Å²) in [5.41, 5.74) is 5.02. The van der Waals surface area contributed by atoms with Crippen molar-refractivity contribution in [1.82, 2.24) is 4.90 Å². The first-order valence-corrected chi connectivity index (χ1v) is 7.60. The van der Waals surface area contributed by atoms with Gasteiger partial charge in [0.2, 0.25) is 5.91 Å². The minimum absolute atomic E-state index is 0.234. The van der Waals surface area contributed by atoms with Crippen molar-refractivity contribution in [2.24, 2.45) is 17.1 Å². The normalized spacial score (nSPS) is 35.2. The second-order valence-electron chi connectivity index (χ2n) is 6.96. The number of carbonyl (C=O) groups is 1. The number of nitrogens with zero attached hydrogens (tertiary/aromatic N) is 1. The summed E-state index contributed by atoms with van der Waals surface area (Å²) in [7, 11) is 0. The number of likely N-dealkylation sites (tertiary alicyclic amines) is 1. The molecule has 19 heavy (non-hydrogen) atoms. The highest BCUT2D eigenvalue weighted by molar-refractivity contribution is 5.83. The van der Waals surface area contributed by atoms with Gasteiger partial charge in [-0.1, -0.05) is 6.92 Å². The maximum absolute atomic E-state index is 12.8. The van der Waals surface area contributed by atoms with Crippen molar-refractivity contribution in [2.45, 2.75) is 58.0 Å². The van der Waals surface area contributed by atoms with Crippen LogP contribution in [-0.4, -0.2) is 41.1 Å². The second-order valence-corrected chi connectivity index (χ2v) is 6.96. The number of rotatable bonds is 2. The fourth-order valence-electron chi connectivity index (χ4n) is 3.35. The van der Waals surface area contributed by atoms with Gasteiger partial charge in [-0.25, -0.2) is 0 Å². The Bertz CT molecular complexity index is 323. The summed E-state index contributed by atoms with van der Waals surface area (Å²) in [6, 6.07) is 0. The van der Waals surface area contributed by atoms with Gasteiger partial charge in [-0.05, 0) is 51.4 Å². The molecule has 4 nitrogen and oxygen atoms in total. The fourth-order valence-corrected chi connectivity index (χ4v) is 3.35. The smallest absolute Gasteiger partial charge is 0.230 e. The predicted molar refractivity (Wildman–Crippen MR) is 75.6 cm³/mol. The van der Waals surface area contributed by atoms with Crippen LogP contribution in [0.25, 0.3) is 0 Å². The Morgan fingerprint density at radius 1 is 1.26 bits per heavy atom. The lowest BCUT2D eigenvalue weighted by Crippen LogP contribution is -2.53. The van der Waals surface area contributed by atoms with Gasteiger partial charge in [-0.2, -0.15) is 0 Å². The molecule has 2 rings (SSSR count). The van der Waals surface area contributed by atoms with Crippen LogP contribution in [-0.2, 0) is 4.79 Å². The molecule has 1 aliphatic carbocycles. The van der Waals surface area contributed by atoms with Crippen molar-refractivity contribution < 1.29 is 9.90 Å². The molecule has 2 aliphatic rings. The monoisotopic (exact) mass is 268 g/mol. The molecule has 110 valence electrons. The highest BCUT2D eigenvalue weighted by Crippen LogP contribution is 2.40. The van der Waals surface area contributed by atoms with Gasteiger partial charge in [0.05, 0.1) is 11.0 Å². The maximum Gasteiger partial charge on any atom is 0.230 e. The second kappa shape index (κ2) is 5.41. The molecule has 0 bridgehead atoms. The van der Waals surface area contributed by atoms with E-state index >= 15 is 0 Å². The first-order chi connectivity index (χ1) is 8.88.